The van der Waals surface area contributed by atoms with E-state index in [1.807, 2.05) is 0 Å². The monoisotopic (exact) mass is 438 g/mol. The van der Waals surface area contributed by atoms with Crippen LogP contribution < -0.4 is 8.86 Å². The van der Waals surface area contributed by atoms with E-state index in [2.05, 4.69) is 11.3 Å². The number of halogens is 7. The minimum Gasteiger partial charge on any atom is -0.427 e. The minimum atomic E-state index is -7.07. The smallest absolute Gasteiger partial charge is 0.427 e. The van der Waals surface area contributed by atoms with E-state index < -0.39 is 46.8 Å². The zero-order valence-corrected chi connectivity index (χ0v) is 14.7. The third-order valence-electron chi connectivity index (χ3n) is 2.56. The number of rotatable bonds is 7. The first-order valence-corrected chi connectivity index (χ1v) is 8.95. The summed E-state index contributed by atoms with van der Waals surface area (Å²) in [6.45, 7) is 3.32. The molecular formula is C11H8F7LiNO5S2. The molecule has 149 valence electrons. The normalized spacial score (nSPS) is 13.6. The van der Waals surface area contributed by atoms with Crippen molar-refractivity contribution in [2.24, 2.45) is 0 Å². The molecule has 0 bridgehead atoms. The Morgan fingerprint density at radius 2 is 1.33 bits per heavy atom. The van der Waals surface area contributed by atoms with E-state index in [4.69, 9.17) is 0 Å². The average molecular weight is 438 g/mol. The quantitative estimate of drug-likeness (QED) is 0.521. The van der Waals surface area contributed by atoms with Crippen LogP contribution in [0.3, 0.4) is 0 Å². The van der Waals surface area contributed by atoms with E-state index >= 15 is 0 Å². The molecule has 0 aliphatic heterocycles. The van der Waals surface area contributed by atoms with Gasteiger partial charge in [-0.25, -0.2) is 16.8 Å². The van der Waals surface area contributed by atoms with Crippen molar-refractivity contribution >= 4 is 45.0 Å². The number of benzene rings is 1. The number of alkyl halides is 7. The molecular weight excluding hydrogens is 430 g/mol. The molecule has 0 saturated carbocycles. The van der Waals surface area contributed by atoms with Crippen molar-refractivity contribution in [1.82, 2.24) is 4.13 Å². The van der Waals surface area contributed by atoms with Gasteiger partial charge in [0.15, 0.2) is 0 Å². The predicted molar refractivity (Wildman–Crippen MR) is 79.8 cm³/mol. The zero-order chi connectivity index (χ0) is 20.6. The number of sulfonamides is 2. The van der Waals surface area contributed by atoms with Gasteiger partial charge in [-0.2, -0.15) is 30.7 Å². The Labute approximate surface area is 160 Å². The fourth-order valence-corrected chi connectivity index (χ4v) is 3.59. The number of nitrogens with one attached hydrogen (secondary N) is 1. The molecule has 1 radical (unpaired) electrons. The molecule has 0 unspecified atom stereocenters. The number of hydrogen-bond donors (Lipinski definition) is 1. The summed E-state index contributed by atoms with van der Waals surface area (Å²) in [4.78, 5) is 0. The van der Waals surface area contributed by atoms with Crippen LogP contribution in [0.1, 0.15) is 5.56 Å². The van der Waals surface area contributed by atoms with E-state index in [1.165, 1.54) is 6.08 Å². The summed E-state index contributed by atoms with van der Waals surface area (Å²) < 4.78 is 137. The van der Waals surface area contributed by atoms with Crippen molar-refractivity contribution < 1.29 is 52.3 Å². The topological polar surface area (TPSA) is 89.5 Å². The molecule has 1 rings (SSSR count). The molecule has 27 heavy (non-hydrogen) atoms. The molecule has 6 nitrogen and oxygen atoms in total. The molecule has 1 aromatic carbocycles. The second kappa shape index (κ2) is 8.00. The standard InChI is InChI=1S/C11H8F7NO5S2.Li/c1-2-7-3-5-8(6-4-7)24-9(12,13)10(14,15)25(20,21)19-26(22,23)11(16,17)18;/h2-6,19H,1H2;. The van der Waals surface area contributed by atoms with Gasteiger partial charge in [0, 0.05) is 18.9 Å². The van der Waals surface area contributed by atoms with Gasteiger partial charge >= 0.3 is 36.9 Å². The molecule has 1 aromatic rings. The van der Waals surface area contributed by atoms with Crippen molar-refractivity contribution in [3.05, 3.63) is 36.4 Å². The molecule has 16 heteroatoms. The average Bonchev–Trinajstić information content (AvgIpc) is 2.45. The Morgan fingerprint density at radius 3 is 1.70 bits per heavy atom. The first kappa shape index (κ1) is 25.7. The van der Waals surface area contributed by atoms with Gasteiger partial charge in [0.05, 0.1) is 0 Å². The summed E-state index contributed by atoms with van der Waals surface area (Å²) in [5.41, 5.74) is -6.00. The Hall–Kier alpha value is -1.27. The van der Waals surface area contributed by atoms with Crippen molar-refractivity contribution in [3.8, 4) is 5.75 Å². The van der Waals surface area contributed by atoms with Crippen molar-refractivity contribution in [1.29, 1.82) is 0 Å². The first-order chi connectivity index (χ1) is 11.5. The number of hydrogen-bond acceptors (Lipinski definition) is 5. The van der Waals surface area contributed by atoms with E-state index in [0.29, 0.717) is 17.7 Å². The summed E-state index contributed by atoms with van der Waals surface area (Å²) in [6, 6.07) is 3.57. The molecule has 0 heterocycles. The summed E-state index contributed by atoms with van der Waals surface area (Å²) in [5.74, 6) is -0.978. The van der Waals surface area contributed by atoms with E-state index in [9.17, 15) is 47.6 Å². The number of ether oxygens (including phenoxy) is 1. The van der Waals surface area contributed by atoms with E-state index in [0.717, 1.165) is 12.1 Å². The minimum absolute atomic E-state index is 0. The van der Waals surface area contributed by atoms with Crippen LogP contribution in [0.5, 0.6) is 5.75 Å². The Balaban J connectivity index is 0.00000676. The van der Waals surface area contributed by atoms with Crippen LogP contribution in [0, 0.1) is 0 Å². The molecule has 1 N–H and O–H groups in total. The van der Waals surface area contributed by atoms with Crippen molar-refractivity contribution in [2.75, 3.05) is 0 Å². The molecule has 0 aliphatic carbocycles. The van der Waals surface area contributed by atoms with Crippen LogP contribution in [-0.4, -0.2) is 52.6 Å². The van der Waals surface area contributed by atoms with Crippen molar-refractivity contribution in [2.45, 2.75) is 16.9 Å². The SMILES string of the molecule is C=Cc1ccc(OC(F)(F)C(F)(F)S(=O)(=O)NS(=O)(=O)C(F)(F)F)cc1.[Li]. The van der Waals surface area contributed by atoms with Gasteiger partial charge in [-0.3, -0.25) is 0 Å². The molecule has 0 saturated heterocycles. The Bertz CT molecular complexity index is 883. The van der Waals surface area contributed by atoms with Crippen molar-refractivity contribution in [3.63, 3.8) is 0 Å². The van der Waals surface area contributed by atoms with Crippen LogP contribution >= 0.6 is 0 Å². The fraction of sp³-hybridized carbons (Fsp3) is 0.273. The molecule has 0 spiro atoms. The summed E-state index contributed by atoms with van der Waals surface area (Å²) >= 11 is 0. The second-order valence-electron chi connectivity index (χ2n) is 4.44. The summed E-state index contributed by atoms with van der Waals surface area (Å²) in [5, 5.41) is -6.38. The van der Waals surface area contributed by atoms with Gasteiger partial charge in [-0.05, 0) is 17.7 Å². The Kier molecular flexibility index (Phi) is 7.62. The molecule has 0 amide bonds. The third-order valence-corrected chi connectivity index (χ3v) is 5.84. The molecule has 0 fully saturated rings. The summed E-state index contributed by atoms with van der Waals surface area (Å²) in [7, 11) is -14.0. The molecule has 0 aliphatic rings. The van der Waals surface area contributed by atoms with Gasteiger partial charge in [0.25, 0.3) is 0 Å². The van der Waals surface area contributed by atoms with Gasteiger partial charge in [-0.15, -0.1) is 0 Å². The maximum Gasteiger partial charge on any atom is 0.512 e. The van der Waals surface area contributed by atoms with Crippen LogP contribution in [-0.2, 0) is 20.0 Å². The van der Waals surface area contributed by atoms with Crippen LogP contribution in [0.4, 0.5) is 30.7 Å². The van der Waals surface area contributed by atoms with Crippen LogP contribution in [0.25, 0.3) is 6.08 Å². The van der Waals surface area contributed by atoms with E-state index in [1.54, 1.807) is 0 Å². The van der Waals surface area contributed by atoms with Crippen LogP contribution in [0.2, 0.25) is 0 Å². The van der Waals surface area contributed by atoms with E-state index in [-0.39, 0.29) is 18.9 Å². The maximum absolute atomic E-state index is 13.6. The zero-order valence-electron chi connectivity index (χ0n) is 13.1. The van der Waals surface area contributed by atoms with Crippen LogP contribution in [0.15, 0.2) is 30.8 Å². The maximum atomic E-state index is 13.6. The largest absolute Gasteiger partial charge is 0.512 e. The predicted octanol–water partition coefficient (Wildman–Crippen LogP) is 2.28. The third kappa shape index (κ3) is 5.38. The fourth-order valence-electron chi connectivity index (χ4n) is 1.28. The van der Waals surface area contributed by atoms with Gasteiger partial charge in [0.1, 0.15) is 5.75 Å². The molecule has 0 aromatic heterocycles. The molecule has 0 atom stereocenters. The van der Waals surface area contributed by atoms with Gasteiger partial charge in [-0.1, -0.05) is 28.9 Å². The first-order valence-electron chi connectivity index (χ1n) is 5.98. The van der Waals surface area contributed by atoms with Gasteiger partial charge < -0.3 is 4.74 Å². The second-order valence-corrected chi connectivity index (χ2v) is 8.10. The Morgan fingerprint density at radius 1 is 0.889 bits per heavy atom. The summed E-state index contributed by atoms with van der Waals surface area (Å²) in [6.07, 6.45) is -4.68. The van der Waals surface area contributed by atoms with Gasteiger partial charge in [0.2, 0.25) is 0 Å².